The van der Waals surface area contributed by atoms with Crippen LogP contribution in [0.25, 0.3) is 0 Å². The predicted molar refractivity (Wildman–Crippen MR) is 92.1 cm³/mol. The second kappa shape index (κ2) is 6.97. The van der Waals surface area contributed by atoms with E-state index in [2.05, 4.69) is 43.2 Å². The van der Waals surface area contributed by atoms with Gasteiger partial charge in [-0.1, -0.05) is 13.8 Å². The Morgan fingerprint density at radius 2 is 1.70 bits per heavy atom. The van der Waals surface area contributed by atoms with Gasteiger partial charge in [-0.25, -0.2) is 13.2 Å². The third kappa shape index (κ3) is 5.35. The number of nitrogens with one attached hydrogen (secondary N) is 2. The van der Waals surface area contributed by atoms with E-state index >= 15 is 0 Å². The summed E-state index contributed by atoms with van der Waals surface area (Å²) in [5, 5.41) is 5.72. The molecule has 0 bridgehead atoms. The van der Waals surface area contributed by atoms with Crippen molar-refractivity contribution >= 4 is 15.9 Å². The van der Waals surface area contributed by atoms with Crippen LogP contribution >= 0.6 is 0 Å². The molecule has 0 aromatic carbocycles. The smallest absolute Gasteiger partial charge is 0.314 e. The lowest BCUT2D eigenvalue weighted by Crippen LogP contribution is -2.57. The topological polar surface area (TPSA) is 78.5 Å². The zero-order valence-electron chi connectivity index (χ0n) is 14.8. The standard InChI is InChI=1S/C16H31N3O3S/c1-12-5-13(2)8-19(7-12)16(3,4)11-18-15(20)17-6-14-9-23(21,22)10-14/h12-14H,5-11H2,1-4H3,(H2,17,18,20). The van der Waals surface area contributed by atoms with Gasteiger partial charge in [-0.15, -0.1) is 0 Å². The van der Waals surface area contributed by atoms with Crippen molar-refractivity contribution in [3.05, 3.63) is 0 Å². The summed E-state index contributed by atoms with van der Waals surface area (Å²) < 4.78 is 22.2. The van der Waals surface area contributed by atoms with Crippen LogP contribution in [0.5, 0.6) is 0 Å². The minimum atomic E-state index is -2.82. The molecule has 2 unspecified atom stereocenters. The van der Waals surface area contributed by atoms with Crippen molar-refractivity contribution in [2.45, 2.75) is 39.7 Å². The van der Waals surface area contributed by atoms with E-state index in [4.69, 9.17) is 0 Å². The molecule has 6 nitrogen and oxygen atoms in total. The van der Waals surface area contributed by atoms with E-state index in [1.54, 1.807) is 0 Å². The Morgan fingerprint density at radius 1 is 1.13 bits per heavy atom. The van der Waals surface area contributed by atoms with Crippen LogP contribution in [0.2, 0.25) is 0 Å². The predicted octanol–water partition coefficient (Wildman–Crippen LogP) is 1.09. The van der Waals surface area contributed by atoms with Gasteiger partial charge >= 0.3 is 6.03 Å². The number of urea groups is 1. The molecule has 2 heterocycles. The number of carbonyl (C=O) groups is 1. The SMILES string of the molecule is CC1CC(C)CN(C(C)(C)CNC(=O)NCC2CS(=O)(=O)C2)C1. The van der Waals surface area contributed by atoms with Crippen molar-refractivity contribution in [2.75, 3.05) is 37.7 Å². The lowest BCUT2D eigenvalue weighted by atomic mass is 9.88. The highest BCUT2D eigenvalue weighted by atomic mass is 32.2. The highest BCUT2D eigenvalue weighted by Gasteiger charge is 2.34. The van der Waals surface area contributed by atoms with E-state index in [1.807, 2.05) is 0 Å². The van der Waals surface area contributed by atoms with Crippen molar-refractivity contribution < 1.29 is 13.2 Å². The second-order valence-electron chi connectivity index (χ2n) is 8.17. The van der Waals surface area contributed by atoms with Crippen LogP contribution in [-0.4, -0.2) is 62.6 Å². The largest absolute Gasteiger partial charge is 0.338 e. The van der Waals surface area contributed by atoms with Crippen LogP contribution in [-0.2, 0) is 9.84 Å². The van der Waals surface area contributed by atoms with Crippen LogP contribution in [0.15, 0.2) is 0 Å². The third-order valence-electron chi connectivity index (χ3n) is 4.94. The van der Waals surface area contributed by atoms with Gasteiger partial charge in [0, 0.05) is 37.6 Å². The van der Waals surface area contributed by atoms with Crippen LogP contribution in [0.1, 0.15) is 34.1 Å². The number of likely N-dealkylation sites (tertiary alicyclic amines) is 1. The van der Waals surface area contributed by atoms with E-state index < -0.39 is 9.84 Å². The maximum atomic E-state index is 11.9. The summed E-state index contributed by atoms with van der Waals surface area (Å²) in [4.78, 5) is 14.4. The Hall–Kier alpha value is -0.820. The molecule has 2 amide bonds. The van der Waals surface area contributed by atoms with Crippen LogP contribution in [0, 0.1) is 17.8 Å². The highest BCUT2D eigenvalue weighted by Crippen LogP contribution is 2.26. The van der Waals surface area contributed by atoms with Crippen LogP contribution in [0.3, 0.4) is 0 Å². The molecule has 2 atom stereocenters. The van der Waals surface area contributed by atoms with Gasteiger partial charge in [0.05, 0.1) is 11.5 Å². The Bertz CT molecular complexity index is 511. The molecule has 0 radical (unpaired) electrons. The van der Waals surface area contributed by atoms with E-state index in [0.29, 0.717) is 24.9 Å². The fourth-order valence-electron chi connectivity index (χ4n) is 3.65. The lowest BCUT2D eigenvalue weighted by molar-refractivity contribution is 0.0472. The minimum absolute atomic E-state index is 0.0718. The van der Waals surface area contributed by atoms with Gasteiger partial charge < -0.3 is 10.6 Å². The molecule has 7 heteroatoms. The third-order valence-corrected chi connectivity index (χ3v) is 6.90. The van der Waals surface area contributed by atoms with Crippen LogP contribution < -0.4 is 10.6 Å². The first-order valence-corrected chi connectivity index (χ1v) is 10.4. The van der Waals surface area contributed by atoms with Gasteiger partial charge in [0.25, 0.3) is 0 Å². The van der Waals surface area contributed by atoms with E-state index in [1.165, 1.54) is 6.42 Å². The Morgan fingerprint density at radius 3 is 2.22 bits per heavy atom. The van der Waals surface area contributed by atoms with Crippen molar-refractivity contribution in [1.82, 2.24) is 15.5 Å². The summed E-state index contributed by atoms with van der Waals surface area (Å²) in [6.45, 7) is 12.1. The Labute approximate surface area is 140 Å². The van der Waals surface area contributed by atoms with Gasteiger partial charge in [-0.3, -0.25) is 4.90 Å². The molecular formula is C16H31N3O3S. The van der Waals surface area contributed by atoms with E-state index in [9.17, 15) is 13.2 Å². The number of hydrogen-bond donors (Lipinski definition) is 2. The molecule has 0 aromatic heterocycles. The molecule has 0 saturated carbocycles. The second-order valence-corrected chi connectivity index (χ2v) is 10.3. The van der Waals surface area contributed by atoms with Gasteiger partial charge in [0.1, 0.15) is 0 Å². The van der Waals surface area contributed by atoms with Gasteiger partial charge in [-0.05, 0) is 32.1 Å². The average molecular weight is 346 g/mol. The molecule has 2 rings (SSSR count). The molecule has 2 fully saturated rings. The molecule has 0 aromatic rings. The van der Waals surface area contributed by atoms with Crippen molar-refractivity contribution in [3.63, 3.8) is 0 Å². The molecular weight excluding hydrogens is 314 g/mol. The van der Waals surface area contributed by atoms with Crippen molar-refractivity contribution in [1.29, 1.82) is 0 Å². The monoisotopic (exact) mass is 345 g/mol. The molecule has 2 N–H and O–H groups in total. The summed E-state index contributed by atoms with van der Waals surface area (Å²) in [6.07, 6.45) is 1.27. The number of carbonyl (C=O) groups excluding carboxylic acids is 1. The molecule has 23 heavy (non-hydrogen) atoms. The fraction of sp³-hybridized carbons (Fsp3) is 0.938. The number of amides is 2. The molecule has 134 valence electrons. The minimum Gasteiger partial charge on any atom is -0.338 e. The summed E-state index contributed by atoms with van der Waals surface area (Å²) in [7, 11) is -2.82. The molecule has 0 spiro atoms. The fourth-order valence-corrected chi connectivity index (χ4v) is 5.23. The molecule has 2 aliphatic heterocycles. The first-order valence-electron chi connectivity index (χ1n) is 8.54. The number of sulfone groups is 1. The quantitative estimate of drug-likeness (QED) is 0.782. The average Bonchev–Trinajstić information content (AvgIpc) is 2.39. The maximum Gasteiger partial charge on any atom is 0.314 e. The summed E-state index contributed by atoms with van der Waals surface area (Å²) in [6, 6.07) is -0.208. The van der Waals surface area contributed by atoms with E-state index in [0.717, 1.165) is 13.1 Å². The highest BCUT2D eigenvalue weighted by molar-refractivity contribution is 7.92. The Kier molecular flexibility index (Phi) is 5.61. The zero-order chi connectivity index (χ0) is 17.3. The Balaban J connectivity index is 1.72. The van der Waals surface area contributed by atoms with Crippen molar-refractivity contribution in [2.24, 2.45) is 17.8 Å². The first-order chi connectivity index (χ1) is 10.6. The number of nitrogens with zero attached hydrogens (tertiary/aromatic N) is 1. The summed E-state index contributed by atoms with van der Waals surface area (Å²) in [5.74, 6) is 1.84. The number of hydrogen-bond acceptors (Lipinski definition) is 4. The summed E-state index contributed by atoms with van der Waals surface area (Å²) >= 11 is 0. The van der Waals surface area contributed by atoms with Crippen LogP contribution in [0.4, 0.5) is 4.79 Å². The first kappa shape index (κ1) is 18.5. The molecule has 2 saturated heterocycles. The lowest BCUT2D eigenvalue weighted by Gasteiger charge is -2.45. The molecule has 2 aliphatic rings. The number of piperidine rings is 1. The normalized spacial score (nSPS) is 28.9. The zero-order valence-corrected chi connectivity index (χ0v) is 15.6. The maximum absolute atomic E-state index is 11.9. The van der Waals surface area contributed by atoms with Crippen molar-refractivity contribution in [3.8, 4) is 0 Å². The van der Waals surface area contributed by atoms with Gasteiger partial charge in [0.15, 0.2) is 9.84 Å². The summed E-state index contributed by atoms with van der Waals surface area (Å²) in [5.41, 5.74) is -0.0832. The van der Waals surface area contributed by atoms with Gasteiger partial charge in [-0.2, -0.15) is 0 Å². The number of rotatable bonds is 5. The van der Waals surface area contributed by atoms with Gasteiger partial charge in [0.2, 0.25) is 0 Å². The van der Waals surface area contributed by atoms with E-state index in [-0.39, 0.29) is 29.0 Å². The molecule has 0 aliphatic carbocycles.